The van der Waals surface area contributed by atoms with Gasteiger partial charge < -0.3 is 9.32 Å². The molecule has 0 amide bonds. The first kappa shape index (κ1) is 27.4. The lowest BCUT2D eigenvalue weighted by molar-refractivity contribution is 0.620. The zero-order chi connectivity index (χ0) is 31.6. The first-order valence-electron chi connectivity index (χ1n) is 15.9. The minimum atomic E-state index is 0.654. The topological polar surface area (TPSA) is 29.3 Å². The van der Waals surface area contributed by atoms with Crippen LogP contribution in [0.5, 0.6) is 0 Å². The van der Waals surface area contributed by atoms with Crippen molar-refractivity contribution in [3.8, 4) is 22.6 Å². The number of anilines is 3. The molecule has 5 heteroatoms. The van der Waals surface area contributed by atoms with Crippen LogP contribution in [0.2, 0.25) is 0 Å². The third kappa shape index (κ3) is 4.43. The quantitative estimate of drug-likeness (QED) is 0.186. The molecule has 0 aliphatic heterocycles. The number of oxazole rings is 1. The Labute approximate surface area is 284 Å². The molecule has 7 aromatic carbocycles. The molecule has 3 nitrogen and oxygen atoms in total. The number of aromatic nitrogens is 1. The minimum Gasteiger partial charge on any atom is -0.436 e. The predicted molar refractivity (Wildman–Crippen MR) is 205 cm³/mol. The molecule has 3 heterocycles. The van der Waals surface area contributed by atoms with E-state index >= 15 is 0 Å². The Bertz CT molecular complexity index is 2780. The molecule has 3 aromatic heterocycles. The summed E-state index contributed by atoms with van der Waals surface area (Å²) in [6.07, 6.45) is 0. The van der Waals surface area contributed by atoms with Crippen LogP contribution in [0.1, 0.15) is 0 Å². The second-order valence-electron chi connectivity index (χ2n) is 12.0. The second kappa shape index (κ2) is 10.9. The average molecular weight is 651 g/mol. The fraction of sp³-hybridized carbons (Fsp3) is 0. The molecule has 0 N–H and O–H groups in total. The SMILES string of the molecule is c1ccc(-c2nc3cc4c(cc3o2)sc2c(-c3ccc(N(c5ccccc5)c5ccc6sc7ccccc7c6c5)cc3)cccc24)cc1. The highest BCUT2D eigenvalue weighted by atomic mass is 32.1. The molecule has 0 fully saturated rings. The standard InChI is InChI=1S/C43H26N2OS2/c1-3-10-28(11-4-1)43-44-37-25-36-34-16-9-15-32(42(34)48-41(36)26-38(37)46-43)27-18-20-30(21-19-27)45(29-12-5-2-6-13-29)31-22-23-40-35(24-31)33-14-7-8-17-39(33)47-40/h1-26H. The van der Waals surface area contributed by atoms with Gasteiger partial charge in [0.2, 0.25) is 5.89 Å². The number of hydrogen-bond donors (Lipinski definition) is 0. The predicted octanol–water partition coefficient (Wildman–Crippen LogP) is 13.4. The van der Waals surface area contributed by atoms with Crippen molar-refractivity contribution in [2.75, 3.05) is 4.90 Å². The van der Waals surface area contributed by atoms with Crippen molar-refractivity contribution < 1.29 is 4.42 Å². The van der Waals surface area contributed by atoms with E-state index in [1.807, 2.05) is 53.0 Å². The molecule has 0 aliphatic carbocycles. The van der Waals surface area contributed by atoms with Crippen LogP contribution in [0.3, 0.4) is 0 Å². The first-order valence-corrected chi connectivity index (χ1v) is 17.6. The number of benzene rings is 7. The Balaban J connectivity index is 1.06. The third-order valence-corrected chi connectivity index (χ3v) is 11.5. The molecule has 10 rings (SSSR count). The molecule has 0 unspecified atom stereocenters. The van der Waals surface area contributed by atoms with Crippen molar-refractivity contribution in [2.24, 2.45) is 0 Å². The van der Waals surface area contributed by atoms with Crippen LogP contribution >= 0.6 is 22.7 Å². The van der Waals surface area contributed by atoms with Gasteiger partial charge in [-0.15, -0.1) is 22.7 Å². The average Bonchev–Trinajstić information content (AvgIpc) is 3.84. The number of fused-ring (bicyclic) bond motifs is 7. The first-order chi connectivity index (χ1) is 23.8. The number of rotatable bonds is 5. The molecule has 0 saturated heterocycles. The highest BCUT2D eigenvalue weighted by Gasteiger charge is 2.17. The van der Waals surface area contributed by atoms with Crippen molar-refractivity contribution in [2.45, 2.75) is 0 Å². The largest absolute Gasteiger partial charge is 0.436 e. The Hall–Kier alpha value is -5.75. The van der Waals surface area contributed by atoms with Gasteiger partial charge in [0.1, 0.15) is 5.52 Å². The summed E-state index contributed by atoms with van der Waals surface area (Å²) >= 11 is 3.66. The van der Waals surface area contributed by atoms with E-state index in [0.717, 1.165) is 33.7 Å². The number of hydrogen-bond acceptors (Lipinski definition) is 5. The summed E-state index contributed by atoms with van der Waals surface area (Å²) in [4.78, 5) is 7.19. The summed E-state index contributed by atoms with van der Waals surface area (Å²) in [5.41, 5.74) is 8.49. The molecule has 10 aromatic rings. The monoisotopic (exact) mass is 650 g/mol. The Morgan fingerprint density at radius 1 is 0.458 bits per heavy atom. The van der Waals surface area contributed by atoms with Gasteiger partial charge in [-0.05, 0) is 77.9 Å². The zero-order valence-electron chi connectivity index (χ0n) is 25.6. The fourth-order valence-corrected chi connectivity index (χ4v) is 9.15. The van der Waals surface area contributed by atoms with Gasteiger partial charge in [-0.3, -0.25) is 0 Å². The summed E-state index contributed by atoms with van der Waals surface area (Å²) in [6, 6.07) is 56.2. The van der Waals surface area contributed by atoms with Gasteiger partial charge in [0.05, 0.1) is 0 Å². The highest BCUT2D eigenvalue weighted by molar-refractivity contribution is 7.26. The number of nitrogens with zero attached hydrogens (tertiary/aromatic N) is 2. The van der Waals surface area contributed by atoms with Crippen molar-refractivity contribution >= 4 is 91.2 Å². The van der Waals surface area contributed by atoms with E-state index in [0.29, 0.717) is 5.89 Å². The van der Waals surface area contributed by atoms with Crippen molar-refractivity contribution in [3.63, 3.8) is 0 Å². The Morgan fingerprint density at radius 2 is 1.15 bits per heavy atom. The Kier molecular flexibility index (Phi) is 6.22. The Morgan fingerprint density at radius 3 is 2.00 bits per heavy atom. The summed E-state index contributed by atoms with van der Waals surface area (Å²) in [5.74, 6) is 0.654. The summed E-state index contributed by atoms with van der Waals surface area (Å²) in [5, 5.41) is 5.05. The van der Waals surface area contributed by atoms with Gasteiger partial charge in [0, 0.05) is 69.0 Å². The van der Waals surface area contributed by atoms with Crippen LogP contribution in [-0.2, 0) is 0 Å². The summed E-state index contributed by atoms with van der Waals surface area (Å²) in [7, 11) is 0. The lowest BCUT2D eigenvalue weighted by atomic mass is 10.0. The number of para-hydroxylation sites is 1. The van der Waals surface area contributed by atoms with E-state index in [1.54, 1.807) is 0 Å². The van der Waals surface area contributed by atoms with Gasteiger partial charge in [-0.1, -0.05) is 84.9 Å². The lowest BCUT2D eigenvalue weighted by Gasteiger charge is -2.26. The molecule has 0 atom stereocenters. The van der Waals surface area contributed by atoms with Gasteiger partial charge in [-0.25, -0.2) is 4.98 Å². The molecular weight excluding hydrogens is 625 g/mol. The smallest absolute Gasteiger partial charge is 0.227 e. The van der Waals surface area contributed by atoms with Gasteiger partial charge in [-0.2, -0.15) is 0 Å². The van der Waals surface area contributed by atoms with E-state index in [-0.39, 0.29) is 0 Å². The van der Waals surface area contributed by atoms with Gasteiger partial charge in [0.25, 0.3) is 0 Å². The van der Waals surface area contributed by atoms with Crippen molar-refractivity contribution in [1.29, 1.82) is 0 Å². The summed E-state index contributed by atoms with van der Waals surface area (Å²) < 4.78 is 11.3. The molecule has 0 radical (unpaired) electrons. The van der Waals surface area contributed by atoms with Crippen LogP contribution < -0.4 is 4.90 Å². The molecule has 48 heavy (non-hydrogen) atoms. The van der Waals surface area contributed by atoms with Gasteiger partial charge >= 0.3 is 0 Å². The molecule has 0 saturated carbocycles. The third-order valence-electron chi connectivity index (χ3n) is 9.10. The second-order valence-corrected chi connectivity index (χ2v) is 14.1. The lowest BCUT2D eigenvalue weighted by Crippen LogP contribution is -2.09. The minimum absolute atomic E-state index is 0.654. The maximum atomic E-state index is 6.21. The molecule has 0 aliphatic rings. The van der Waals surface area contributed by atoms with Crippen LogP contribution in [0.25, 0.3) is 74.0 Å². The zero-order valence-corrected chi connectivity index (χ0v) is 27.3. The van der Waals surface area contributed by atoms with Crippen LogP contribution in [0, 0.1) is 0 Å². The molecule has 0 spiro atoms. The number of thiophene rings is 2. The van der Waals surface area contributed by atoms with E-state index in [4.69, 9.17) is 9.40 Å². The van der Waals surface area contributed by atoms with Crippen LogP contribution in [0.4, 0.5) is 17.1 Å². The van der Waals surface area contributed by atoms with E-state index in [1.165, 1.54) is 51.5 Å². The molecular formula is C43H26N2OS2. The van der Waals surface area contributed by atoms with Gasteiger partial charge in [0.15, 0.2) is 5.58 Å². The van der Waals surface area contributed by atoms with Crippen molar-refractivity contribution in [3.05, 3.63) is 158 Å². The van der Waals surface area contributed by atoms with Crippen LogP contribution in [-0.4, -0.2) is 4.98 Å². The highest BCUT2D eigenvalue weighted by Crippen LogP contribution is 2.44. The van der Waals surface area contributed by atoms with E-state index in [9.17, 15) is 0 Å². The normalized spacial score (nSPS) is 11.8. The summed E-state index contributed by atoms with van der Waals surface area (Å²) in [6.45, 7) is 0. The molecule has 0 bridgehead atoms. The van der Waals surface area contributed by atoms with E-state index < -0.39 is 0 Å². The maximum Gasteiger partial charge on any atom is 0.227 e. The van der Waals surface area contributed by atoms with E-state index in [2.05, 4.69) is 132 Å². The molecule has 226 valence electrons. The van der Waals surface area contributed by atoms with Crippen molar-refractivity contribution in [1.82, 2.24) is 4.98 Å². The maximum absolute atomic E-state index is 6.21. The fourth-order valence-electron chi connectivity index (χ4n) is 6.82. The van der Waals surface area contributed by atoms with Crippen LogP contribution in [0.15, 0.2) is 162 Å².